The van der Waals surface area contributed by atoms with Gasteiger partial charge in [-0.05, 0) is 40.5 Å². The summed E-state index contributed by atoms with van der Waals surface area (Å²) >= 11 is 0. The van der Waals surface area contributed by atoms with Gasteiger partial charge in [-0.2, -0.15) is 0 Å². The predicted molar refractivity (Wildman–Crippen MR) is 67.2 cm³/mol. The monoisotopic (exact) mass is 238 g/mol. The van der Waals surface area contributed by atoms with E-state index in [1.165, 1.54) is 0 Å². The first kappa shape index (κ1) is 13.4. The molecule has 3 nitrogen and oxygen atoms in total. The molecule has 0 amide bonds. The minimum Gasteiger partial charge on any atom is -0.376 e. The standard InChI is InChI=1S/C13H23BO3/c1-8(2)15-7-13-6-5-10(12(14)17-13)11(13)16-9(3)4/h8-12H,5-7H2,1-4H3/t10?,11?,12?,13-/m0/s1. The summed E-state index contributed by atoms with van der Waals surface area (Å²) in [4.78, 5) is 0. The predicted octanol–water partition coefficient (Wildman–Crippen LogP) is 1.88. The number of fused-ring (bicyclic) bond motifs is 2. The SMILES string of the molecule is [B]C1O[C@]2(COC(C)C)CCC1C2OC(C)C. The Morgan fingerprint density at radius 2 is 2.00 bits per heavy atom. The summed E-state index contributed by atoms with van der Waals surface area (Å²) in [6, 6.07) is -0.191. The molecule has 2 rings (SSSR count). The second-order valence-corrected chi connectivity index (χ2v) is 5.81. The largest absolute Gasteiger partial charge is 0.376 e. The van der Waals surface area contributed by atoms with E-state index in [1.807, 2.05) is 13.8 Å². The summed E-state index contributed by atoms with van der Waals surface area (Å²) in [7, 11) is 6.02. The van der Waals surface area contributed by atoms with Gasteiger partial charge in [0.15, 0.2) is 0 Å². The summed E-state index contributed by atoms with van der Waals surface area (Å²) in [5.74, 6) is 0.327. The third kappa shape index (κ3) is 2.54. The van der Waals surface area contributed by atoms with E-state index < -0.39 is 0 Å². The van der Waals surface area contributed by atoms with Crippen molar-refractivity contribution in [1.82, 2.24) is 0 Å². The van der Waals surface area contributed by atoms with Crippen LogP contribution in [-0.2, 0) is 14.2 Å². The summed E-state index contributed by atoms with van der Waals surface area (Å²) in [5, 5.41) is 0. The normalized spacial score (nSPS) is 40.7. The molecular formula is C13H23BO3. The zero-order valence-electron chi connectivity index (χ0n) is 11.3. The van der Waals surface area contributed by atoms with Gasteiger partial charge in [0, 0.05) is 11.9 Å². The molecule has 1 saturated heterocycles. The molecule has 1 aliphatic heterocycles. The second-order valence-electron chi connectivity index (χ2n) is 5.81. The number of rotatable bonds is 5. The molecule has 1 heterocycles. The van der Waals surface area contributed by atoms with Crippen LogP contribution in [0, 0.1) is 5.92 Å². The van der Waals surface area contributed by atoms with Crippen LogP contribution in [0.3, 0.4) is 0 Å². The number of ether oxygens (including phenoxy) is 3. The Bertz CT molecular complexity index is 269. The quantitative estimate of drug-likeness (QED) is 0.684. The molecule has 2 fully saturated rings. The Balaban J connectivity index is 2.07. The topological polar surface area (TPSA) is 27.7 Å². The fourth-order valence-electron chi connectivity index (χ4n) is 2.93. The van der Waals surface area contributed by atoms with Crippen molar-refractivity contribution in [2.45, 2.75) is 70.5 Å². The zero-order chi connectivity index (χ0) is 12.6. The van der Waals surface area contributed by atoms with Crippen molar-refractivity contribution in [2.24, 2.45) is 5.92 Å². The lowest BCUT2D eigenvalue weighted by Gasteiger charge is -2.33. The van der Waals surface area contributed by atoms with Crippen LogP contribution in [0.4, 0.5) is 0 Å². The van der Waals surface area contributed by atoms with Gasteiger partial charge in [-0.25, -0.2) is 0 Å². The maximum absolute atomic E-state index is 6.02. The maximum atomic E-state index is 6.02. The number of hydrogen-bond acceptors (Lipinski definition) is 3. The Hall–Kier alpha value is -0.0551. The van der Waals surface area contributed by atoms with Gasteiger partial charge in [-0.15, -0.1) is 0 Å². The number of hydrogen-bond donors (Lipinski definition) is 0. The molecule has 3 unspecified atom stereocenters. The molecule has 96 valence electrons. The molecule has 1 saturated carbocycles. The molecule has 0 N–H and O–H groups in total. The zero-order valence-corrected chi connectivity index (χ0v) is 11.3. The van der Waals surface area contributed by atoms with E-state index in [0.29, 0.717) is 12.5 Å². The van der Waals surface area contributed by atoms with Gasteiger partial charge in [-0.3, -0.25) is 0 Å². The molecule has 0 spiro atoms. The van der Waals surface area contributed by atoms with Crippen LogP contribution in [0.1, 0.15) is 40.5 Å². The van der Waals surface area contributed by atoms with E-state index in [4.69, 9.17) is 22.1 Å². The Kier molecular flexibility index (Phi) is 3.86. The Morgan fingerprint density at radius 1 is 1.29 bits per heavy atom. The highest BCUT2D eigenvalue weighted by molar-refractivity contribution is 6.11. The average molecular weight is 238 g/mol. The lowest BCUT2D eigenvalue weighted by atomic mass is 9.85. The van der Waals surface area contributed by atoms with Crippen LogP contribution >= 0.6 is 0 Å². The summed E-state index contributed by atoms with van der Waals surface area (Å²) < 4.78 is 17.7. The van der Waals surface area contributed by atoms with Crippen molar-refractivity contribution < 1.29 is 14.2 Å². The van der Waals surface area contributed by atoms with Crippen LogP contribution in [-0.4, -0.2) is 44.4 Å². The minimum atomic E-state index is -0.307. The van der Waals surface area contributed by atoms with Gasteiger partial charge < -0.3 is 14.2 Å². The summed E-state index contributed by atoms with van der Waals surface area (Å²) in [5.41, 5.74) is -0.307. The molecule has 0 aromatic carbocycles. The second kappa shape index (κ2) is 4.91. The highest BCUT2D eigenvalue weighted by Crippen LogP contribution is 2.49. The van der Waals surface area contributed by atoms with Crippen molar-refractivity contribution in [1.29, 1.82) is 0 Å². The smallest absolute Gasteiger partial charge is 0.117 e. The fourth-order valence-corrected chi connectivity index (χ4v) is 2.93. The fraction of sp³-hybridized carbons (Fsp3) is 1.00. The third-order valence-corrected chi connectivity index (χ3v) is 3.68. The Labute approximate surface area is 106 Å². The summed E-state index contributed by atoms with van der Waals surface area (Å²) in [6.45, 7) is 8.78. The molecular weight excluding hydrogens is 215 g/mol. The van der Waals surface area contributed by atoms with Crippen molar-refractivity contribution >= 4 is 7.85 Å². The molecule has 17 heavy (non-hydrogen) atoms. The highest BCUT2D eigenvalue weighted by Gasteiger charge is 2.59. The van der Waals surface area contributed by atoms with Gasteiger partial charge in [0.05, 0.1) is 24.9 Å². The molecule has 4 heteroatoms. The lowest BCUT2D eigenvalue weighted by molar-refractivity contribution is -0.145. The first-order valence-electron chi connectivity index (χ1n) is 6.65. The van der Waals surface area contributed by atoms with Crippen LogP contribution < -0.4 is 0 Å². The van der Waals surface area contributed by atoms with Gasteiger partial charge in [0.25, 0.3) is 0 Å². The first-order valence-corrected chi connectivity index (χ1v) is 6.65. The van der Waals surface area contributed by atoms with Gasteiger partial charge in [0.2, 0.25) is 0 Å². The summed E-state index contributed by atoms with van der Waals surface area (Å²) in [6.07, 6.45) is 2.59. The Morgan fingerprint density at radius 3 is 2.53 bits per heavy atom. The van der Waals surface area contributed by atoms with E-state index in [0.717, 1.165) is 12.8 Å². The molecule has 2 radical (unpaired) electrons. The van der Waals surface area contributed by atoms with E-state index in [2.05, 4.69) is 13.8 Å². The van der Waals surface area contributed by atoms with E-state index in [1.54, 1.807) is 0 Å². The van der Waals surface area contributed by atoms with E-state index >= 15 is 0 Å². The molecule has 0 aromatic heterocycles. The van der Waals surface area contributed by atoms with Crippen molar-refractivity contribution in [3.05, 3.63) is 0 Å². The first-order chi connectivity index (χ1) is 7.94. The molecule has 0 aromatic rings. The molecule has 4 atom stereocenters. The molecule has 2 aliphatic rings. The molecule has 2 bridgehead atoms. The average Bonchev–Trinajstić information content (AvgIpc) is 2.67. The maximum Gasteiger partial charge on any atom is 0.117 e. The van der Waals surface area contributed by atoms with Crippen molar-refractivity contribution in [3.8, 4) is 0 Å². The highest BCUT2D eigenvalue weighted by atomic mass is 16.6. The lowest BCUT2D eigenvalue weighted by Crippen LogP contribution is -2.44. The van der Waals surface area contributed by atoms with Gasteiger partial charge >= 0.3 is 0 Å². The van der Waals surface area contributed by atoms with Crippen LogP contribution in [0.2, 0.25) is 0 Å². The van der Waals surface area contributed by atoms with E-state index in [-0.39, 0.29) is 29.9 Å². The minimum absolute atomic E-state index is 0.0937. The third-order valence-electron chi connectivity index (χ3n) is 3.68. The van der Waals surface area contributed by atoms with Crippen molar-refractivity contribution in [2.75, 3.05) is 6.61 Å². The molecule has 1 aliphatic carbocycles. The van der Waals surface area contributed by atoms with Crippen LogP contribution in [0.25, 0.3) is 0 Å². The van der Waals surface area contributed by atoms with Crippen LogP contribution in [0.15, 0.2) is 0 Å². The van der Waals surface area contributed by atoms with E-state index in [9.17, 15) is 0 Å². The van der Waals surface area contributed by atoms with Gasteiger partial charge in [0.1, 0.15) is 13.4 Å². The van der Waals surface area contributed by atoms with Gasteiger partial charge in [-0.1, -0.05) is 0 Å². The van der Waals surface area contributed by atoms with Crippen molar-refractivity contribution in [3.63, 3.8) is 0 Å². The van der Waals surface area contributed by atoms with Crippen LogP contribution in [0.5, 0.6) is 0 Å².